The number of amides is 12. The summed E-state index contributed by atoms with van der Waals surface area (Å²) in [6, 6.07) is 14.0. The predicted molar refractivity (Wildman–Crippen MR) is 435 cm³/mol. The van der Waals surface area contributed by atoms with Crippen LogP contribution in [0.25, 0.3) is 0 Å². The maximum atomic E-state index is 14.7. The third kappa shape index (κ3) is 33.4. The SMILES string of the molecule is CC[C@H](C)[C@@H]([C@@H](CC(=O)C1CCCN1[C@H](OC)[C@@H](C)C(=O)N[C@H](Cc1ccccc1)C(=O)NCCc1ccc(NC(=O)[C@@H](CCCNC(N)=O)NC(=O)[C@@H](NC(=O)COCCOCCOCCOCCNC(=O)c2ccc(NC(=O)CCl)c(NC(=O)CCl)c2)C(C)C)cc1)OC)N(C)C(=O)[C@H](NC(=O)[C@H](C(C)C)N(C)C)C(C)C. The second kappa shape index (κ2) is 52.2. The normalized spacial score (nSPS) is 15.6. The summed E-state index contributed by atoms with van der Waals surface area (Å²) in [4.78, 5) is 166. The van der Waals surface area contributed by atoms with Gasteiger partial charge in [-0.3, -0.25) is 62.5 Å². The zero-order chi connectivity index (χ0) is 84.6. The first kappa shape index (κ1) is 97.9. The number of likely N-dealkylation sites (tertiary alicyclic amines) is 1. The lowest BCUT2D eigenvalue weighted by Gasteiger charge is -2.41. The third-order valence-corrected chi connectivity index (χ3v) is 20.0. The largest absolute Gasteiger partial charge is 0.379 e. The number of halogens is 2. The van der Waals surface area contributed by atoms with Gasteiger partial charge in [-0.2, -0.15) is 0 Å². The van der Waals surface area contributed by atoms with Gasteiger partial charge in [-0.15, -0.1) is 23.2 Å². The summed E-state index contributed by atoms with van der Waals surface area (Å²) in [5.41, 5.74) is 7.91. The van der Waals surface area contributed by atoms with Crippen LogP contribution < -0.4 is 58.9 Å². The first-order chi connectivity index (χ1) is 54.3. The summed E-state index contributed by atoms with van der Waals surface area (Å²) in [5.74, 6) is -7.13. The Morgan fingerprint density at radius 3 is 1.75 bits per heavy atom. The van der Waals surface area contributed by atoms with Gasteiger partial charge in [0.2, 0.25) is 53.2 Å². The molecule has 3 aromatic carbocycles. The van der Waals surface area contributed by atoms with Crippen LogP contribution in [0.5, 0.6) is 0 Å². The van der Waals surface area contributed by atoms with E-state index in [9.17, 15) is 57.5 Å². The van der Waals surface area contributed by atoms with Crippen molar-refractivity contribution < 1.29 is 86.0 Å². The molecule has 1 heterocycles. The summed E-state index contributed by atoms with van der Waals surface area (Å²) in [7, 11) is 8.39. The predicted octanol–water partition coefficient (Wildman–Crippen LogP) is 4.58. The van der Waals surface area contributed by atoms with Crippen LogP contribution in [0, 0.1) is 29.6 Å². The Bertz CT molecular complexity index is 3540. The van der Waals surface area contributed by atoms with Crippen molar-refractivity contribution in [1.29, 1.82) is 0 Å². The fourth-order valence-corrected chi connectivity index (χ4v) is 13.5. The van der Waals surface area contributed by atoms with Gasteiger partial charge in [0, 0.05) is 71.5 Å². The van der Waals surface area contributed by atoms with E-state index in [0.29, 0.717) is 37.9 Å². The van der Waals surface area contributed by atoms with Crippen LogP contribution in [0.4, 0.5) is 21.9 Å². The quantitative estimate of drug-likeness (QED) is 0.0272. The van der Waals surface area contributed by atoms with Crippen molar-refractivity contribution in [3.63, 3.8) is 0 Å². The number of hydrogen-bond acceptors (Lipinski definition) is 20. The van der Waals surface area contributed by atoms with Crippen LogP contribution in [-0.2, 0) is 89.2 Å². The number of rotatable bonds is 54. The molecule has 1 unspecified atom stereocenters. The van der Waals surface area contributed by atoms with Crippen LogP contribution in [0.1, 0.15) is 122 Å². The Morgan fingerprint density at radius 2 is 1.18 bits per heavy atom. The first-order valence-electron chi connectivity index (χ1n) is 39.0. The molecule has 1 fully saturated rings. The van der Waals surface area contributed by atoms with Crippen molar-refractivity contribution in [2.24, 2.45) is 35.3 Å². The second-order valence-corrected chi connectivity index (χ2v) is 30.0. The smallest absolute Gasteiger partial charge is 0.312 e. The number of hydrogen-bond donors (Lipinski definition) is 11. The molecule has 3 aromatic rings. The zero-order valence-corrected chi connectivity index (χ0v) is 70.1. The minimum Gasteiger partial charge on any atom is -0.379 e. The van der Waals surface area contributed by atoms with E-state index in [2.05, 4.69) is 53.2 Å². The van der Waals surface area contributed by atoms with E-state index in [1.807, 2.05) is 95.8 Å². The molecular weight excluding hydrogens is 1520 g/mol. The zero-order valence-electron chi connectivity index (χ0n) is 68.6. The van der Waals surface area contributed by atoms with E-state index in [1.165, 1.54) is 32.4 Å². The van der Waals surface area contributed by atoms with Gasteiger partial charge >= 0.3 is 6.03 Å². The van der Waals surface area contributed by atoms with Crippen molar-refractivity contribution in [1.82, 2.24) is 51.9 Å². The molecule has 0 saturated carbocycles. The van der Waals surface area contributed by atoms with Crippen LogP contribution in [0.3, 0.4) is 0 Å². The van der Waals surface area contributed by atoms with E-state index in [0.717, 1.165) is 11.1 Å². The van der Waals surface area contributed by atoms with Gasteiger partial charge in [0.05, 0.1) is 87.8 Å². The number of primary amides is 1. The molecule has 0 aromatic heterocycles. The summed E-state index contributed by atoms with van der Waals surface area (Å²) < 4.78 is 34.3. The maximum Gasteiger partial charge on any atom is 0.312 e. The van der Waals surface area contributed by atoms with Crippen molar-refractivity contribution in [2.75, 3.05) is 142 Å². The van der Waals surface area contributed by atoms with E-state index < -0.39 is 126 Å². The molecular formula is C80H124Cl2N14O18. The van der Waals surface area contributed by atoms with Crippen molar-refractivity contribution in [2.45, 2.75) is 168 Å². The molecule has 0 spiro atoms. The van der Waals surface area contributed by atoms with Crippen LogP contribution in [-0.4, -0.2) is 266 Å². The molecule has 0 bridgehead atoms. The number of alkyl halides is 2. The minimum atomic E-state index is -1.12. The van der Waals surface area contributed by atoms with Crippen molar-refractivity contribution >= 4 is 111 Å². The topological polar surface area (TPSA) is 416 Å². The number of likely N-dealkylation sites (N-methyl/N-ethyl adjacent to an activating group) is 2. The van der Waals surface area contributed by atoms with Gasteiger partial charge < -0.3 is 92.2 Å². The number of nitrogens with zero attached hydrogens (tertiary/aromatic N) is 3. The lowest BCUT2D eigenvalue weighted by Crippen LogP contribution is -2.59. The van der Waals surface area contributed by atoms with Crippen LogP contribution >= 0.6 is 23.2 Å². The molecule has 0 radical (unpaired) electrons. The van der Waals surface area contributed by atoms with Crippen LogP contribution in [0.2, 0.25) is 0 Å². The summed E-state index contributed by atoms with van der Waals surface area (Å²) in [5, 5.41) is 27.6. The Kier molecular flexibility index (Phi) is 44.8. The van der Waals surface area contributed by atoms with E-state index in [-0.39, 0.29) is 156 Å². The number of carbonyl (C=O) groups is 12. The van der Waals surface area contributed by atoms with Gasteiger partial charge in [0.15, 0.2) is 5.78 Å². The van der Waals surface area contributed by atoms with E-state index in [4.69, 9.17) is 57.4 Å². The Labute approximate surface area is 681 Å². The number of carbonyl (C=O) groups excluding carboxylic acids is 12. The van der Waals surface area contributed by atoms with Gasteiger partial charge in [-0.05, 0) is 118 Å². The Balaban J connectivity index is 1.27. The first-order valence-corrected chi connectivity index (χ1v) is 40.0. The fraction of sp³-hybridized carbons (Fsp3) is 0.625. The molecule has 12 amide bonds. The van der Waals surface area contributed by atoms with Crippen molar-refractivity contribution in [3.8, 4) is 0 Å². The number of urea groups is 1. The number of methoxy groups -OCH3 is 2. The highest BCUT2D eigenvalue weighted by Crippen LogP contribution is 2.31. The fourth-order valence-electron chi connectivity index (χ4n) is 13.4. The average molecular weight is 1640 g/mol. The Hall–Kier alpha value is -8.44. The molecule has 1 aliphatic heterocycles. The number of benzene rings is 3. The monoisotopic (exact) mass is 1640 g/mol. The standard InChI is InChI=1S/C80H124Cl2N14O18/c1-15-52(8)71(95(12)78(107)69(50(4)5)93-77(106)70(51(6)7)94(10)11)64(109-13)45-63(97)62-24-20-35-96(62)79(110-14)53(9)72(101)91-61(43-55-21-17-16-18-22-55)74(103)84-33-31-54-25-28-57(29-26-54)87-75(104)59(23-19-32-86-80(83)108)90-76(105)68(49(2)3)92-67(100)48-114-42-41-113-40-39-112-38-37-111-36-34-85-73(102)56-27-30-58(88-65(98)46-81)60(44-56)89-66(99)47-82/h16-18,21-22,25-30,44,49-53,59,61-62,64,68-71,79H,15,19-20,23-24,31-43,45-48H2,1-14H3,(H,84,103)(H,85,102)(H,87,104)(H,88,98)(H,89,99)(H,90,105)(H,91,101)(H,92,100)(H,93,106)(H3,83,86,108)/t52-,53-,59+,61+,62?,64+,68-,69+,70-,71-,79+/m0/s1. The molecule has 32 nitrogen and oxygen atoms in total. The average Bonchev–Trinajstić information content (AvgIpc) is 1.07. The molecule has 12 N–H and O–H groups in total. The van der Waals surface area contributed by atoms with Crippen molar-refractivity contribution in [3.05, 3.63) is 89.5 Å². The van der Waals surface area contributed by atoms with Crippen LogP contribution in [0.15, 0.2) is 72.8 Å². The molecule has 0 aliphatic carbocycles. The van der Waals surface area contributed by atoms with E-state index in [1.54, 1.807) is 57.0 Å². The number of ketones is 1. The molecule has 1 saturated heterocycles. The highest BCUT2D eigenvalue weighted by atomic mass is 35.5. The molecule has 636 valence electrons. The summed E-state index contributed by atoms with van der Waals surface area (Å²) >= 11 is 11.2. The Morgan fingerprint density at radius 1 is 0.579 bits per heavy atom. The van der Waals surface area contributed by atoms with Gasteiger partial charge in [0.25, 0.3) is 5.91 Å². The molecule has 11 atom stereocenters. The van der Waals surface area contributed by atoms with Gasteiger partial charge in [-0.1, -0.05) is 104 Å². The highest BCUT2D eigenvalue weighted by Gasteiger charge is 2.44. The maximum absolute atomic E-state index is 14.7. The highest BCUT2D eigenvalue weighted by molar-refractivity contribution is 6.30. The van der Waals surface area contributed by atoms with E-state index >= 15 is 0 Å². The minimum absolute atomic E-state index is 0.0102. The summed E-state index contributed by atoms with van der Waals surface area (Å²) in [6.45, 7) is 18.7. The molecule has 114 heavy (non-hydrogen) atoms. The number of nitrogens with one attached hydrogen (secondary N) is 10. The second-order valence-electron chi connectivity index (χ2n) is 29.5. The lowest BCUT2D eigenvalue weighted by atomic mass is 9.88. The number of Topliss-reactive ketones (excluding diaryl/α,β-unsaturated/α-hetero) is 1. The molecule has 1 aliphatic rings. The number of anilines is 3. The van der Waals surface area contributed by atoms with Gasteiger partial charge in [-0.25, -0.2) is 4.79 Å². The number of nitrogens with two attached hydrogens (primary N) is 1. The van der Waals surface area contributed by atoms with Gasteiger partial charge in [0.1, 0.15) is 48.8 Å². The lowest BCUT2D eigenvalue weighted by molar-refractivity contribution is -0.148. The summed E-state index contributed by atoms with van der Waals surface area (Å²) in [6.07, 6.45) is 1.07. The third-order valence-electron chi connectivity index (χ3n) is 19.5. The number of ether oxygens (including phenoxy) is 6. The molecule has 4 rings (SSSR count). The molecule has 34 heteroatoms.